The van der Waals surface area contributed by atoms with E-state index in [1.807, 2.05) is 0 Å². The number of furan rings is 1. The molecule has 1 aromatic carbocycles. The first kappa shape index (κ1) is 12.5. The van der Waals surface area contributed by atoms with Gasteiger partial charge in [0, 0.05) is 17.7 Å². The van der Waals surface area contributed by atoms with Crippen LogP contribution in [0, 0.1) is 20.2 Å². The second kappa shape index (κ2) is 5.13. The highest BCUT2D eigenvalue weighted by Crippen LogP contribution is 2.18. The molecule has 96 valence electrons. The largest absolute Gasteiger partial charge is 0.433 e. The van der Waals surface area contributed by atoms with E-state index in [0.29, 0.717) is 5.56 Å². The number of nitro groups is 2. The molecule has 1 heterocycles. The summed E-state index contributed by atoms with van der Waals surface area (Å²) < 4.78 is 4.73. The van der Waals surface area contributed by atoms with E-state index in [0.717, 1.165) is 5.56 Å². The molecule has 0 saturated heterocycles. The third-order valence-electron chi connectivity index (χ3n) is 2.36. The molecule has 0 N–H and O–H groups in total. The van der Waals surface area contributed by atoms with E-state index in [4.69, 9.17) is 4.42 Å². The summed E-state index contributed by atoms with van der Waals surface area (Å²) in [5, 5.41) is 20.9. The molecule has 0 unspecified atom stereocenters. The number of nitrogens with zero attached hydrogens (tertiary/aromatic N) is 2. The first-order chi connectivity index (χ1) is 9.06. The van der Waals surface area contributed by atoms with Gasteiger partial charge in [0.1, 0.15) is 11.2 Å². The minimum absolute atomic E-state index is 0.0103. The van der Waals surface area contributed by atoms with Crippen LogP contribution in [0.5, 0.6) is 0 Å². The van der Waals surface area contributed by atoms with Crippen molar-refractivity contribution in [3.63, 3.8) is 0 Å². The Kier molecular flexibility index (Phi) is 3.37. The maximum atomic E-state index is 10.5. The molecule has 0 fully saturated rings. The summed E-state index contributed by atoms with van der Waals surface area (Å²) in [6.45, 7) is 0. The van der Waals surface area contributed by atoms with Gasteiger partial charge in [-0.1, -0.05) is 12.2 Å². The molecule has 0 aliphatic heterocycles. The van der Waals surface area contributed by atoms with Crippen LogP contribution in [0.4, 0.5) is 11.6 Å². The summed E-state index contributed by atoms with van der Waals surface area (Å²) in [5.41, 5.74) is 1.30. The van der Waals surface area contributed by atoms with E-state index in [-0.39, 0.29) is 11.6 Å². The lowest BCUT2D eigenvalue weighted by atomic mass is 10.1. The predicted molar refractivity (Wildman–Crippen MR) is 67.4 cm³/mol. The van der Waals surface area contributed by atoms with Gasteiger partial charge in [-0.05, 0) is 17.7 Å². The standard InChI is InChI=1S/C12H8N2O5/c15-13(16)11-5-3-9(4-6-11)1-2-10-7-12(14(17)18)19-8-10/h1-8H. The van der Waals surface area contributed by atoms with Crippen LogP contribution in [0.3, 0.4) is 0 Å². The number of rotatable bonds is 4. The Bertz CT molecular complexity index is 642. The van der Waals surface area contributed by atoms with Crippen molar-refractivity contribution in [2.75, 3.05) is 0 Å². The predicted octanol–water partition coefficient (Wildman–Crippen LogP) is 3.27. The lowest BCUT2D eigenvalue weighted by molar-refractivity contribution is -0.402. The van der Waals surface area contributed by atoms with E-state index in [1.165, 1.54) is 24.5 Å². The lowest BCUT2D eigenvalue weighted by Gasteiger charge is -1.92. The van der Waals surface area contributed by atoms with Gasteiger partial charge < -0.3 is 4.42 Å². The number of hydrogen-bond donors (Lipinski definition) is 0. The van der Waals surface area contributed by atoms with E-state index in [1.54, 1.807) is 24.3 Å². The fraction of sp³-hybridized carbons (Fsp3) is 0. The van der Waals surface area contributed by atoms with Gasteiger partial charge in [-0.15, -0.1) is 0 Å². The molecule has 0 spiro atoms. The van der Waals surface area contributed by atoms with E-state index >= 15 is 0 Å². The van der Waals surface area contributed by atoms with Gasteiger partial charge >= 0.3 is 5.88 Å². The fourth-order valence-electron chi connectivity index (χ4n) is 1.42. The van der Waals surface area contributed by atoms with Gasteiger partial charge in [0.05, 0.1) is 11.0 Å². The Balaban J connectivity index is 2.13. The minimum Gasteiger partial charge on any atom is -0.409 e. The Hall–Kier alpha value is -2.96. The van der Waals surface area contributed by atoms with Crippen LogP contribution < -0.4 is 0 Å². The van der Waals surface area contributed by atoms with Crippen LogP contribution in [0.1, 0.15) is 11.1 Å². The van der Waals surface area contributed by atoms with Crippen LogP contribution in [0.25, 0.3) is 12.2 Å². The quantitative estimate of drug-likeness (QED) is 0.620. The highest BCUT2D eigenvalue weighted by atomic mass is 16.6. The first-order valence-corrected chi connectivity index (χ1v) is 5.22. The molecule has 19 heavy (non-hydrogen) atoms. The van der Waals surface area contributed by atoms with Crippen LogP contribution >= 0.6 is 0 Å². The Morgan fingerprint density at radius 1 is 0.947 bits per heavy atom. The topological polar surface area (TPSA) is 99.4 Å². The molecule has 0 saturated carbocycles. The number of nitro benzene ring substituents is 1. The molecule has 1 aromatic heterocycles. The molecule has 2 aromatic rings. The number of benzene rings is 1. The van der Waals surface area contributed by atoms with E-state index in [2.05, 4.69) is 0 Å². The third kappa shape index (κ3) is 3.03. The zero-order chi connectivity index (χ0) is 13.8. The normalized spacial score (nSPS) is 10.7. The summed E-state index contributed by atoms with van der Waals surface area (Å²) in [6, 6.07) is 7.24. The van der Waals surface area contributed by atoms with E-state index < -0.39 is 9.85 Å². The zero-order valence-electron chi connectivity index (χ0n) is 9.55. The minimum atomic E-state index is -0.622. The molecular formula is C12H8N2O5. The Morgan fingerprint density at radius 2 is 1.58 bits per heavy atom. The summed E-state index contributed by atoms with van der Waals surface area (Å²) >= 11 is 0. The molecule has 0 aliphatic carbocycles. The van der Waals surface area contributed by atoms with Gasteiger partial charge in [-0.2, -0.15) is 0 Å². The van der Waals surface area contributed by atoms with Crippen molar-refractivity contribution in [3.05, 3.63) is 68.0 Å². The highest BCUT2D eigenvalue weighted by Gasteiger charge is 2.10. The molecular weight excluding hydrogens is 252 g/mol. The Labute approximate surface area is 107 Å². The van der Waals surface area contributed by atoms with Crippen molar-refractivity contribution in [2.24, 2.45) is 0 Å². The van der Waals surface area contributed by atoms with Crippen LogP contribution in [-0.2, 0) is 0 Å². The van der Waals surface area contributed by atoms with Crippen LogP contribution in [-0.4, -0.2) is 9.85 Å². The second-order valence-corrected chi connectivity index (χ2v) is 3.66. The molecule has 0 bridgehead atoms. The highest BCUT2D eigenvalue weighted by molar-refractivity contribution is 5.70. The molecule has 2 rings (SSSR count). The van der Waals surface area contributed by atoms with Crippen molar-refractivity contribution in [1.29, 1.82) is 0 Å². The van der Waals surface area contributed by atoms with Gasteiger partial charge in [0.25, 0.3) is 5.69 Å². The smallest absolute Gasteiger partial charge is 0.409 e. The second-order valence-electron chi connectivity index (χ2n) is 3.66. The SMILES string of the molecule is O=[N+]([O-])c1ccc(C=Cc2coc([N+](=O)[O-])c2)cc1. The number of non-ortho nitro benzene ring substituents is 1. The molecule has 0 atom stereocenters. The number of hydrogen-bond acceptors (Lipinski definition) is 5. The molecule has 0 radical (unpaired) electrons. The van der Waals surface area contributed by atoms with Crippen molar-refractivity contribution >= 4 is 23.7 Å². The van der Waals surface area contributed by atoms with Gasteiger partial charge in [-0.3, -0.25) is 20.2 Å². The summed E-state index contributed by atoms with van der Waals surface area (Å²) in [5.74, 6) is -0.330. The van der Waals surface area contributed by atoms with Crippen LogP contribution in [0.15, 0.2) is 41.0 Å². The average Bonchev–Trinajstić information content (AvgIpc) is 2.86. The van der Waals surface area contributed by atoms with Gasteiger partial charge in [0.2, 0.25) is 0 Å². The fourth-order valence-corrected chi connectivity index (χ4v) is 1.42. The Morgan fingerprint density at radius 3 is 2.11 bits per heavy atom. The lowest BCUT2D eigenvalue weighted by Crippen LogP contribution is -1.86. The van der Waals surface area contributed by atoms with Crippen LogP contribution in [0.2, 0.25) is 0 Å². The maximum Gasteiger partial charge on any atom is 0.433 e. The van der Waals surface area contributed by atoms with Crippen molar-refractivity contribution < 1.29 is 14.3 Å². The first-order valence-electron chi connectivity index (χ1n) is 5.22. The maximum absolute atomic E-state index is 10.5. The summed E-state index contributed by atoms with van der Waals surface area (Å²) in [6.07, 6.45) is 4.57. The molecule has 0 amide bonds. The average molecular weight is 260 g/mol. The van der Waals surface area contributed by atoms with Crippen molar-refractivity contribution in [1.82, 2.24) is 0 Å². The third-order valence-corrected chi connectivity index (χ3v) is 2.36. The summed E-state index contributed by atoms with van der Waals surface area (Å²) in [7, 11) is 0. The van der Waals surface area contributed by atoms with Crippen molar-refractivity contribution in [3.8, 4) is 0 Å². The summed E-state index contributed by atoms with van der Waals surface area (Å²) in [4.78, 5) is 19.8. The molecule has 7 nitrogen and oxygen atoms in total. The zero-order valence-corrected chi connectivity index (χ0v) is 9.55. The van der Waals surface area contributed by atoms with E-state index in [9.17, 15) is 20.2 Å². The van der Waals surface area contributed by atoms with Gasteiger partial charge in [-0.25, -0.2) is 0 Å². The molecule has 0 aliphatic rings. The van der Waals surface area contributed by atoms with Crippen molar-refractivity contribution in [2.45, 2.75) is 0 Å². The molecule has 7 heteroatoms. The van der Waals surface area contributed by atoms with Gasteiger partial charge in [0.15, 0.2) is 0 Å². The monoisotopic (exact) mass is 260 g/mol.